The third kappa shape index (κ3) is 1.78. The molecule has 62 valence electrons. The molecule has 0 aliphatic rings. The quantitative estimate of drug-likeness (QED) is 0.574. The van der Waals surface area contributed by atoms with Gasteiger partial charge in [-0.3, -0.25) is 0 Å². The van der Waals surface area contributed by atoms with Crippen LogP contribution < -0.4 is 0 Å². The van der Waals surface area contributed by atoms with Crippen molar-refractivity contribution in [1.29, 1.82) is 0 Å². The van der Waals surface area contributed by atoms with Gasteiger partial charge in [0.25, 0.3) is 0 Å². The summed E-state index contributed by atoms with van der Waals surface area (Å²) in [5.41, 5.74) is 1.70. The molecule has 0 atom stereocenters. The van der Waals surface area contributed by atoms with E-state index in [9.17, 15) is 0 Å². The van der Waals surface area contributed by atoms with Crippen LogP contribution in [0.4, 0.5) is 5.69 Å². The van der Waals surface area contributed by atoms with Gasteiger partial charge in [0.1, 0.15) is 0 Å². The maximum atomic E-state index is 6.86. The first-order valence-corrected chi connectivity index (χ1v) is 4.20. The zero-order valence-electron chi connectivity index (χ0n) is 7.13. The molecule has 0 aromatic heterocycles. The molecular weight excluding hydrogens is 170 g/mol. The zero-order valence-corrected chi connectivity index (χ0v) is 7.89. The lowest BCUT2D eigenvalue weighted by Gasteiger charge is -2.05. The summed E-state index contributed by atoms with van der Waals surface area (Å²) in [4.78, 5) is 3.33. The predicted octanol–water partition coefficient (Wildman–Crippen LogP) is 4.01. The van der Waals surface area contributed by atoms with Crippen LogP contribution in [0.2, 0.25) is 5.02 Å². The van der Waals surface area contributed by atoms with E-state index in [-0.39, 0.29) is 0 Å². The fraction of sp³-hybridized carbons (Fsp3) is 0.300. The Kier molecular flexibility index (Phi) is 2.73. The molecule has 0 spiro atoms. The average Bonchev–Trinajstić information content (AvgIpc) is 2.05. The summed E-state index contributed by atoms with van der Waals surface area (Å²) in [6.45, 7) is 11.1. The van der Waals surface area contributed by atoms with Gasteiger partial charge in [0.2, 0.25) is 5.69 Å². The normalized spacial score (nSPS) is 9.92. The van der Waals surface area contributed by atoms with Crippen LogP contribution in [-0.4, -0.2) is 0 Å². The van der Waals surface area contributed by atoms with Crippen LogP contribution in [0.25, 0.3) is 4.85 Å². The largest absolute Gasteiger partial charge is 0.237 e. The standard InChI is InChI=1S/C10H10ClN/c1-7(2)8-4-5-9(11)10(6-8)12-3/h4-7H,1-2H3. The maximum Gasteiger partial charge on any atom is 0.205 e. The Morgan fingerprint density at radius 3 is 2.58 bits per heavy atom. The van der Waals surface area contributed by atoms with Crippen molar-refractivity contribution < 1.29 is 0 Å². The summed E-state index contributed by atoms with van der Waals surface area (Å²) in [6, 6.07) is 5.59. The first kappa shape index (κ1) is 9.09. The minimum absolute atomic E-state index is 0.447. The highest BCUT2D eigenvalue weighted by Crippen LogP contribution is 2.28. The van der Waals surface area contributed by atoms with Gasteiger partial charge in [0.05, 0.1) is 6.57 Å². The van der Waals surface area contributed by atoms with E-state index in [1.807, 2.05) is 12.1 Å². The van der Waals surface area contributed by atoms with Crippen LogP contribution in [0.15, 0.2) is 18.2 Å². The van der Waals surface area contributed by atoms with Gasteiger partial charge < -0.3 is 0 Å². The molecule has 0 N–H and O–H groups in total. The second-order valence-corrected chi connectivity index (χ2v) is 3.38. The van der Waals surface area contributed by atoms with Crippen LogP contribution in [0.3, 0.4) is 0 Å². The van der Waals surface area contributed by atoms with Crippen LogP contribution in [0.5, 0.6) is 0 Å². The molecule has 0 saturated carbocycles. The smallest absolute Gasteiger partial charge is 0.205 e. The van der Waals surface area contributed by atoms with Crippen molar-refractivity contribution in [2.75, 3.05) is 0 Å². The van der Waals surface area contributed by atoms with E-state index in [1.54, 1.807) is 6.07 Å². The fourth-order valence-corrected chi connectivity index (χ4v) is 1.13. The Balaban J connectivity index is 3.16. The number of halogens is 1. The molecule has 1 rings (SSSR count). The first-order chi connectivity index (χ1) is 5.65. The Morgan fingerprint density at radius 1 is 1.42 bits per heavy atom. The van der Waals surface area contributed by atoms with Crippen molar-refractivity contribution in [3.05, 3.63) is 40.2 Å². The maximum absolute atomic E-state index is 6.86. The molecule has 1 aromatic carbocycles. The third-order valence-corrected chi connectivity index (χ3v) is 2.08. The minimum Gasteiger partial charge on any atom is -0.237 e. The molecule has 12 heavy (non-hydrogen) atoms. The molecule has 0 aliphatic carbocycles. The summed E-state index contributed by atoms with van der Waals surface area (Å²) in [7, 11) is 0. The lowest BCUT2D eigenvalue weighted by molar-refractivity contribution is 0.867. The topological polar surface area (TPSA) is 4.36 Å². The predicted molar refractivity (Wildman–Crippen MR) is 51.8 cm³/mol. The Bertz CT molecular complexity index is 323. The summed E-state index contributed by atoms with van der Waals surface area (Å²) in [5, 5.41) is 0.536. The third-order valence-electron chi connectivity index (χ3n) is 1.76. The summed E-state index contributed by atoms with van der Waals surface area (Å²) in [5.74, 6) is 0.447. The van der Waals surface area contributed by atoms with E-state index in [0.29, 0.717) is 16.6 Å². The molecule has 0 radical (unpaired) electrons. The second-order valence-electron chi connectivity index (χ2n) is 2.98. The lowest BCUT2D eigenvalue weighted by atomic mass is 10.0. The molecule has 1 aromatic rings. The Labute approximate surface area is 77.8 Å². The Morgan fingerprint density at radius 2 is 2.08 bits per heavy atom. The first-order valence-electron chi connectivity index (χ1n) is 3.82. The van der Waals surface area contributed by atoms with Crippen molar-refractivity contribution in [3.8, 4) is 0 Å². The van der Waals surface area contributed by atoms with Crippen LogP contribution in [0.1, 0.15) is 25.3 Å². The van der Waals surface area contributed by atoms with Crippen LogP contribution in [-0.2, 0) is 0 Å². The molecule has 0 bridgehead atoms. The highest BCUT2D eigenvalue weighted by atomic mass is 35.5. The van der Waals surface area contributed by atoms with Crippen molar-refractivity contribution in [3.63, 3.8) is 0 Å². The second kappa shape index (κ2) is 3.60. The fourth-order valence-electron chi connectivity index (χ4n) is 0.974. The molecule has 0 saturated heterocycles. The molecular formula is C10H10ClN. The van der Waals surface area contributed by atoms with Crippen molar-refractivity contribution >= 4 is 17.3 Å². The van der Waals surface area contributed by atoms with Crippen molar-refractivity contribution in [1.82, 2.24) is 0 Å². The molecule has 0 amide bonds. The van der Waals surface area contributed by atoms with Gasteiger partial charge in [-0.1, -0.05) is 49.2 Å². The average molecular weight is 180 g/mol. The number of rotatable bonds is 1. The van der Waals surface area contributed by atoms with Crippen molar-refractivity contribution in [2.45, 2.75) is 19.8 Å². The minimum atomic E-state index is 0.447. The molecule has 0 unspecified atom stereocenters. The van der Waals surface area contributed by atoms with E-state index in [4.69, 9.17) is 18.2 Å². The van der Waals surface area contributed by atoms with Gasteiger partial charge in [-0.2, -0.15) is 0 Å². The molecule has 0 heterocycles. The molecule has 0 fully saturated rings. The number of hydrogen-bond acceptors (Lipinski definition) is 0. The molecule has 2 heteroatoms. The van der Waals surface area contributed by atoms with Gasteiger partial charge in [0.15, 0.2) is 0 Å². The number of nitrogens with zero attached hydrogens (tertiary/aromatic N) is 1. The van der Waals surface area contributed by atoms with Gasteiger partial charge in [-0.15, -0.1) is 0 Å². The summed E-state index contributed by atoms with van der Waals surface area (Å²) >= 11 is 5.79. The van der Waals surface area contributed by atoms with Crippen LogP contribution >= 0.6 is 11.6 Å². The SMILES string of the molecule is [C-]#[N+]c1cc(C(C)C)ccc1Cl. The van der Waals surface area contributed by atoms with Gasteiger partial charge in [-0.05, 0) is 5.92 Å². The van der Waals surface area contributed by atoms with Crippen molar-refractivity contribution in [2.24, 2.45) is 0 Å². The number of benzene rings is 1. The van der Waals surface area contributed by atoms with Gasteiger partial charge in [-0.25, -0.2) is 4.85 Å². The van der Waals surface area contributed by atoms with E-state index in [0.717, 1.165) is 5.56 Å². The van der Waals surface area contributed by atoms with E-state index < -0.39 is 0 Å². The zero-order chi connectivity index (χ0) is 9.14. The van der Waals surface area contributed by atoms with E-state index in [2.05, 4.69) is 18.7 Å². The van der Waals surface area contributed by atoms with E-state index >= 15 is 0 Å². The Hall–Kier alpha value is -1.00. The van der Waals surface area contributed by atoms with Gasteiger partial charge >= 0.3 is 0 Å². The summed E-state index contributed by atoms with van der Waals surface area (Å²) in [6.07, 6.45) is 0. The highest BCUT2D eigenvalue weighted by molar-refractivity contribution is 6.33. The van der Waals surface area contributed by atoms with Crippen LogP contribution in [0, 0.1) is 6.57 Å². The monoisotopic (exact) mass is 179 g/mol. The lowest BCUT2D eigenvalue weighted by Crippen LogP contribution is -1.85. The molecule has 0 aliphatic heterocycles. The summed E-state index contributed by atoms with van der Waals surface area (Å²) < 4.78 is 0. The molecule has 1 nitrogen and oxygen atoms in total. The highest BCUT2D eigenvalue weighted by Gasteiger charge is 2.03. The van der Waals surface area contributed by atoms with Gasteiger partial charge in [0, 0.05) is 5.02 Å². The van der Waals surface area contributed by atoms with E-state index in [1.165, 1.54) is 0 Å². The number of hydrogen-bond donors (Lipinski definition) is 0.